The van der Waals surface area contributed by atoms with Gasteiger partial charge in [0.1, 0.15) is 11.9 Å². The summed E-state index contributed by atoms with van der Waals surface area (Å²) < 4.78 is 39.8. The quantitative estimate of drug-likeness (QED) is 0.376. The predicted octanol–water partition coefficient (Wildman–Crippen LogP) is 5.06. The van der Waals surface area contributed by atoms with Crippen LogP contribution in [0.4, 0.5) is 10.1 Å². The van der Waals surface area contributed by atoms with E-state index in [4.69, 9.17) is 11.6 Å². The van der Waals surface area contributed by atoms with E-state index in [1.807, 2.05) is 20.8 Å². The highest BCUT2D eigenvalue weighted by molar-refractivity contribution is 7.92. The SMILES string of the molecule is CCC(C)NC(=O)C(CC)N(Cc1ccc(F)cc1)C(=O)CCCN(c1cc(Cl)ccc1C)S(C)(=O)=O. The monoisotopic (exact) mass is 553 g/mol. The van der Waals surface area contributed by atoms with Crippen molar-refractivity contribution in [3.8, 4) is 0 Å². The van der Waals surface area contributed by atoms with Crippen molar-refractivity contribution in [1.82, 2.24) is 10.2 Å². The van der Waals surface area contributed by atoms with Gasteiger partial charge >= 0.3 is 0 Å². The molecule has 37 heavy (non-hydrogen) atoms. The number of hydrogen-bond donors (Lipinski definition) is 1. The molecule has 2 aromatic carbocycles. The number of anilines is 1. The first-order valence-electron chi connectivity index (χ1n) is 12.5. The molecule has 204 valence electrons. The number of carbonyl (C=O) groups is 2. The first-order chi connectivity index (χ1) is 17.4. The molecule has 2 rings (SSSR count). The van der Waals surface area contributed by atoms with Gasteiger partial charge in [-0.05, 0) is 68.5 Å². The molecule has 0 spiro atoms. The fourth-order valence-electron chi connectivity index (χ4n) is 3.98. The Bertz CT molecular complexity index is 1170. The Labute approximate surface area is 225 Å². The summed E-state index contributed by atoms with van der Waals surface area (Å²) in [4.78, 5) is 28.0. The second kappa shape index (κ2) is 13.8. The van der Waals surface area contributed by atoms with Gasteiger partial charge in [0.25, 0.3) is 0 Å². The maximum absolute atomic E-state index is 13.4. The maximum Gasteiger partial charge on any atom is 0.243 e. The average Bonchev–Trinajstić information content (AvgIpc) is 2.83. The summed E-state index contributed by atoms with van der Waals surface area (Å²) in [6, 6.07) is 10.1. The largest absolute Gasteiger partial charge is 0.352 e. The van der Waals surface area contributed by atoms with Crippen molar-refractivity contribution in [1.29, 1.82) is 0 Å². The lowest BCUT2D eigenvalue weighted by molar-refractivity contribution is -0.141. The molecule has 0 aliphatic rings. The molecule has 7 nitrogen and oxygen atoms in total. The fourth-order valence-corrected chi connectivity index (χ4v) is 5.16. The summed E-state index contributed by atoms with van der Waals surface area (Å²) in [6.45, 7) is 7.69. The number of halogens is 2. The van der Waals surface area contributed by atoms with Gasteiger partial charge in [-0.1, -0.05) is 43.6 Å². The molecule has 0 aliphatic heterocycles. The number of benzene rings is 2. The van der Waals surface area contributed by atoms with E-state index in [-0.39, 0.29) is 49.6 Å². The van der Waals surface area contributed by atoms with Crippen LogP contribution in [0.2, 0.25) is 5.02 Å². The third-order valence-electron chi connectivity index (χ3n) is 6.25. The molecule has 2 unspecified atom stereocenters. The molecule has 1 N–H and O–H groups in total. The van der Waals surface area contributed by atoms with Crippen molar-refractivity contribution in [2.45, 2.75) is 72.0 Å². The van der Waals surface area contributed by atoms with Gasteiger partial charge in [0.05, 0.1) is 11.9 Å². The number of amides is 2. The van der Waals surface area contributed by atoms with E-state index in [0.29, 0.717) is 22.7 Å². The van der Waals surface area contributed by atoms with Crippen LogP contribution >= 0.6 is 11.6 Å². The van der Waals surface area contributed by atoms with Crippen LogP contribution in [-0.4, -0.2) is 50.0 Å². The highest BCUT2D eigenvalue weighted by Crippen LogP contribution is 2.27. The zero-order valence-corrected chi connectivity index (χ0v) is 23.7. The van der Waals surface area contributed by atoms with Crippen LogP contribution in [0.25, 0.3) is 0 Å². The van der Waals surface area contributed by atoms with Crippen molar-refractivity contribution in [2.75, 3.05) is 17.1 Å². The van der Waals surface area contributed by atoms with Crippen molar-refractivity contribution in [2.24, 2.45) is 0 Å². The molecular weight excluding hydrogens is 517 g/mol. The highest BCUT2D eigenvalue weighted by atomic mass is 35.5. The van der Waals surface area contributed by atoms with Crippen LogP contribution in [0.15, 0.2) is 42.5 Å². The second-order valence-corrected chi connectivity index (χ2v) is 11.6. The topological polar surface area (TPSA) is 86.8 Å². The predicted molar refractivity (Wildman–Crippen MR) is 147 cm³/mol. The van der Waals surface area contributed by atoms with E-state index in [1.54, 1.807) is 37.3 Å². The Hall–Kier alpha value is -2.65. The van der Waals surface area contributed by atoms with E-state index in [1.165, 1.54) is 21.3 Å². The molecular formula is C27H37ClFN3O4S. The third kappa shape index (κ3) is 9.00. The van der Waals surface area contributed by atoms with E-state index < -0.39 is 16.1 Å². The molecule has 2 atom stereocenters. The van der Waals surface area contributed by atoms with E-state index in [9.17, 15) is 22.4 Å². The Balaban J connectivity index is 2.25. The van der Waals surface area contributed by atoms with Gasteiger partial charge in [-0.25, -0.2) is 12.8 Å². The summed E-state index contributed by atoms with van der Waals surface area (Å²) in [7, 11) is -3.63. The number of nitrogens with zero attached hydrogens (tertiary/aromatic N) is 2. The van der Waals surface area contributed by atoms with Crippen molar-refractivity contribution >= 4 is 39.1 Å². The second-order valence-electron chi connectivity index (χ2n) is 9.26. The minimum atomic E-state index is -3.63. The van der Waals surface area contributed by atoms with Gasteiger partial charge in [-0.15, -0.1) is 0 Å². The standard InChI is InChI=1S/C27H37ClFN3O4S/c1-6-20(4)30-27(34)24(7-2)31(18-21-11-14-23(29)15-12-21)26(33)9-8-16-32(37(5,35)36)25-17-22(28)13-10-19(25)3/h10-15,17,20,24H,6-9,16,18H2,1-5H3,(H,30,34). The smallest absolute Gasteiger partial charge is 0.243 e. The third-order valence-corrected chi connectivity index (χ3v) is 7.66. The van der Waals surface area contributed by atoms with Gasteiger partial charge in [0, 0.05) is 30.6 Å². The zero-order chi connectivity index (χ0) is 27.8. The zero-order valence-electron chi connectivity index (χ0n) is 22.1. The Kier molecular flexibility index (Phi) is 11.4. The minimum Gasteiger partial charge on any atom is -0.352 e. The molecule has 2 aromatic rings. The van der Waals surface area contributed by atoms with E-state index in [2.05, 4.69) is 5.32 Å². The molecule has 0 aliphatic carbocycles. The van der Waals surface area contributed by atoms with Crippen LogP contribution in [0.5, 0.6) is 0 Å². The summed E-state index contributed by atoms with van der Waals surface area (Å²) in [6.07, 6.45) is 2.52. The molecule has 0 saturated carbocycles. The molecule has 0 radical (unpaired) electrons. The number of hydrogen-bond acceptors (Lipinski definition) is 4. The van der Waals surface area contributed by atoms with E-state index >= 15 is 0 Å². The molecule has 0 heterocycles. The number of sulfonamides is 1. The Morgan fingerprint density at radius 1 is 1.08 bits per heavy atom. The lowest BCUT2D eigenvalue weighted by Gasteiger charge is -2.32. The maximum atomic E-state index is 13.4. The lowest BCUT2D eigenvalue weighted by atomic mass is 10.1. The van der Waals surface area contributed by atoms with Crippen molar-refractivity contribution < 1.29 is 22.4 Å². The summed E-state index contributed by atoms with van der Waals surface area (Å²) in [5, 5.41) is 3.36. The van der Waals surface area contributed by atoms with Crippen LogP contribution in [-0.2, 0) is 26.2 Å². The van der Waals surface area contributed by atoms with Crippen LogP contribution < -0.4 is 9.62 Å². The number of nitrogens with one attached hydrogen (secondary N) is 1. The highest BCUT2D eigenvalue weighted by Gasteiger charge is 2.29. The summed E-state index contributed by atoms with van der Waals surface area (Å²) in [5.41, 5.74) is 1.90. The number of rotatable bonds is 13. The first-order valence-corrected chi connectivity index (χ1v) is 14.7. The lowest BCUT2D eigenvalue weighted by Crippen LogP contribution is -2.50. The van der Waals surface area contributed by atoms with Crippen LogP contribution in [0.3, 0.4) is 0 Å². The number of carbonyl (C=O) groups excluding carboxylic acids is 2. The Morgan fingerprint density at radius 2 is 1.73 bits per heavy atom. The fraction of sp³-hybridized carbons (Fsp3) is 0.481. The van der Waals surface area contributed by atoms with Crippen LogP contribution in [0.1, 0.15) is 57.6 Å². The molecule has 0 aromatic heterocycles. The van der Waals surface area contributed by atoms with Crippen molar-refractivity contribution in [3.05, 3.63) is 64.4 Å². The molecule has 10 heteroatoms. The minimum absolute atomic E-state index is 0.0277. The van der Waals surface area contributed by atoms with Gasteiger partial charge < -0.3 is 10.2 Å². The first kappa shape index (κ1) is 30.6. The molecule has 0 saturated heterocycles. The van der Waals surface area contributed by atoms with Gasteiger partial charge in [-0.2, -0.15) is 0 Å². The number of aryl methyl sites for hydroxylation is 1. The van der Waals surface area contributed by atoms with Crippen LogP contribution in [0, 0.1) is 12.7 Å². The summed E-state index contributed by atoms with van der Waals surface area (Å²) in [5.74, 6) is -0.924. The van der Waals surface area contributed by atoms with Crippen molar-refractivity contribution in [3.63, 3.8) is 0 Å². The molecule has 2 amide bonds. The Morgan fingerprint density at radius 3 is 2.30 bits per heavy atom. The molecule has 0 bridgehead atoms. The summed E-state index contributed by atoms with van der Waals surface area (Å²) >= 11 is 6.11. The van der Waals surface area contributed by atoms with Gasteiger partial charge in [0.15, 0.2) is 0 Å². The average molecular weight is 554 g/mol. The normalized spacial score (nSPS) is 13.1. The van der Waals surface area contributed by atoms with Gasteiger partial charge in [0.2, 0.25) is 21.8 Å². The van der Waals surface area contributed by atoms with E-state index in [0.717, 1.165) is 18.2 Å². The molecule has 0 fully saturated rings. The van der Waals surface area contributed by atoms with Gasteiger partial charge in [-0.3, -0.25) is 13.9 Å².